The number of phenols is 1. The van der Waals surface area contributed by atoms with Crippen LogP contribution in [0.1, 0.15) is 31.1 Å². The van der Waals surface area contributed by atoms with Crippen LogP contribution in [0.5, 0.6) is 11.5 Å². The van der Waals surface area contributed by atoms with E-state index in [4.69, 9.17) is 15.0 Å². The number of aromatic hydroxyl groups is 1. The molecule has 0 saturated carbocycles. The van der Waals surface area contributed by atoms with Crippen molar-refractivity contribution in [2.45, 2.75) is 26.4 Å². The molecule has 22 heavy (non-hydrogen) atoms. The van der Waals surface area contributed by atoms with Gasteiger partial charge in [0.25, 0.3) is 0 Å². The number of rotatable bonds is 6. The molecule has 0 aliphatic carbocycles. The van der Waals surface area contributed by atoms with Gasteiger partial charge in [-0.15, -0.1) is 0 Å². The highest BCUT2D eigenvalue weighted by atomic mass is 16.6. The fourth-order valence-corrected chi connectivity index (χ4v) is 1.51. The number of carbonyl (C=O) groups excluding carboxylic acids is 2. The number of ether oxygens (including phenoxy) is 2. The first-order valence-electron chi connectivity index (χ1n) is 6.44. The Hall–Kier alpha value is -2.73. The van der Waals surface area contributed by atoms with Crippen molar-refractivity contribution in [3.8, 4) is 11.5 Å². The van der Waals surface area contributed by atoms with Gasteiger partial charge < -0.3 is 14.6 Å². The van der Waals surface area contributed by atoms with Crippen molar-refractivity contribution in [1.82, 2.24) is 0 Å². The number of carbonyl (C=O) groups is 2. The van der Waals surface area contributed by atoms with Gasteiger partial charge in [0.05, 0.1) is 6.54 Å². The first-order chi connectivity index (χ1) is 10.2. The number of esters is 1. The van der Waals surface area contributed by atoms with E-state index in [0.717, 1.165) is 0 Å². The summed E-state index contributed by atoms with van der Waals surface area (Å²) in [6, 6.07) is 3.93. The van der Waals surface area contributed by atoms with Crippen LogP contribution in [0.3, 0.4) is 0 Å². The molecular formula is C14H17N3O5. The maximum Gasteiger partial charge on any atom is 0.344 e. The number of azide groups is 1. The summed E-state index contributed by atoms with van der Waals surface area (Å²) in [7, 11) is 0. The van der Waals surface area contributed by atoms with E-state index in [-0.39, 0.29) is 30.2 Å². The van der Waals surface area contributed by atoms with Crippen LogP contribution in [0.15, 0.2) is 23.3 Å². The molecule has 0 spiro atoms. The van der Waals surface area contributed by atoms with Crippen LogP contribution >= 0.6 is 0 Å². The normalized spacial score (nSPS) is 10.5. The number of benzene rings is 1. The van der Waals surface area contributed by atoms with Gasteiger partial charge in [0.2, 0.25) is 0 Å². The van der Waals surface area contributed by atoms with Crippen LogP contribution in [-0.2, 0) is 9.53 Å². The summed E-state index contributed by atoms with van der Waals surface area (Å²) in [6.45, 7) is 4.48. The summed E-state index contributed by atoms with van der Waals surface area (Å²) in [5.74, 6) is -1.26. The summed E-state index contributed by atoms with van der Waals surface area (Å²) in [5, 5.41) is 12.9. The average molecular weight is 307 g/mol. The minimum absolute atomic E-state index is 0.0474. The molecule has 0 aliphatic heterocycles. The molecule has 1 aromatic carbocycles. The molecule has 0 unspecified atom stereocenters. The Balaban J connectivity index is 2.68. The molecule has 0 aromatic heterocycles. The standard InChI is InChI=1S/C14H17N3O5/c1-14(2,3)22-13(20)8-21-12-5-4-9(6-10(12)18)11(19)7-16-17-15/h4-6,18H,7-8H2,1-3H3. The first kappa shape index (κ1) is 17.3. The van der Waals surface area contributed by atoms with E-state index in [2.05, 4.69) is 10.0 Å². The zero-order valence-electron chi connectivity index (χ0n) is 12.6. The van der Waals surface area contributed by atoms with Crippen LogP contribution in [0.25, 0.3) is 10.4 Å². The van der Waals surface area contributed by atoms with Gasteiger partial charge in [0, 0.05) is 10.5 Å². The molecule has 0 saturated heterocycles. The van der Waals surface area contributed by atoms with E-state index in [1.54, 1.807) is 20.8 Å². The fraction of sp³-hybridized carbons (Fsp3) is 0.429. The number of hydrogen-bond donors (Lipinski definition) is 1. The monoisotopic (exact) mass is 307 g/mol. The number of Topliss-reactive ketones (excluding diaryl/α,β-unsaturated/α-hetero) is 1. The Bertz CT molecular complexity index is 615. The molecule has 0 atom stereocenters. The van der Waals surface area contributed by atoms with Crippen molar-refractivity contribution in [3.63, 3.8) is 0 Å². The van der Waals surface area contributed by atoms with Gasteiger partial charge in [-0.2, -0.15) is 0 Å². The van der Waals surface area contributed by atoms with Gasteiger partial charge in [-0.3, -0.25) is 4.79 Å². The lowest BCUT2D eigenvalue weighted by Crippen LogP contribution is -2.27. The van der Waals surface area contributed by atoms with E-state index in [0.29, 0.717) is 0 Å². The average Bonchev–Trinajstić information content (AvgIpc) is 2.41. The van der Waals surface area contributed by atoms with Crippen LogP contribution in [0.4, 0.5) is 0 Å². The Morgan fingerprint density at radius 2 is 2.05 bits per heavy atom. The number of ketones is 1. The van der Waals surface area contributed by atoms with E-state index < -0.39 is 17.4 Å². The third kappa shape index (κ3) is 5.72. The third-order valence-corrected chi connectivity index (χ3v) is 2.32. The van der Waals surface area contributed by atoms with Gasteiger partial charge in [-0.1, -0.05) is 5.11 Å². The van der Waals surface area contributed by atoms with Crippen molar-refractivity contribution in [3.05, 3.63) is 34.2 Å². The van der Waals surface area contributed by atoms with Crippen LogP contribution in [-0.4, -0.2) is 35.6 Å². The molecular weight excluding hydrogens is 290 g/mol. The quantitative estimate of drug-likeness (QED) is 0.284. The Morgan fingerprint density at radius 1 is 1.36 bits per heavy atom. The molecule has 0 bridgehead atoms. The lowest BCUT2D eigenvalue weighted by atomic mass is 10.1. The predicted octanol–water partition coefficient (Wildman–Crippen LogP) is 2.61. The van der Waals surface area contributed by atoms with Crippen molar-refractivity contribution in [2.75, 3.05) is 13.2 Å². The smallest absolute Gasteiger partial charge is 0.344 e. The van der Waals surface area contributed by atoms with E-state index in [9.17, 15) is 14.7 Å². The van der Waals surface area contributed by atoms with Gasteiger partial charge in [-0.25, -0.2) is 4.79 Å². The van der Waals surface area contributed by atoms with Crippen molar-refractivity contribution in [1.29, 1.82) is 0 Å². The SMILES string of the molecule is CC(C)(C)OC(=O)COc1ccc(C(=O)CN=[N+]=[N-])cc1O. The minimum Gasteiger partial charge on any atom is -0.504 e. The van der Waals surface area contributed by atoms with E-state index >= 15 is 0 Å². The molecule has 118 valence electrons. The van der Waals surface area contributed by atoms with Crippen LogP contribution in [0, 0.1) is 0 Å². The Labute approximate surface area is 127 Å². The Morgan fingerprint density at radius 3 is 2.59 bits per heavy atom. The lowest BCUT2D eigenvalue weighted by Gasteiger charge is -2.19. The molecule has 0 heterocycles. The number of hydrogen-bond acceptors (Lipinski definition) is 6. The maximum atomic E-state index is 11.6. The molecule has 0 fully saturated rings. The van der Waals surface area contributed by atoms with Crippen LogP contribution in [0.2, 0.25) is 0 Å². The topological polar surface area (TPSA) is 122 Å². The predicted molar refractivity (Wildman–Crippen MR) is 77.8 cm³/mol. The summed E-state index contributed by atoms with van der Waals surface area (Å²) in [4.78, 5) is 25.6. The molecule has 0 aliphatic rings. The zero-order chi connectivity index (χ0) is 16.8. The van der Waals surface area contributed by atoms with E-state index in [1.807, 2.05) is 0 Å². The molecule has 1 rings (SSSR count). The maximum absolute atomic E-state index is 11.6. The summed E-state index contributed by atoms with van der Waals surface area (Å²) < 4.78 is 10.2. The molecule has 1 N–H and O–H groups in total. The van der Waals surface area contributed by atoms with Crippen molar-refractivity contribution >= 4 is 11.8 Å². The second-order valence-electron chi connectivity index (χ2n) is 5.37. The van der Waals surface area contributed by atoms with Gasteiger partial charge in [0.1, 0.15) is 5.60 Å². The molecule has 1 aromatic rings. The molecule has 0 amide bonds. The summed E-state index contributed by atoms with van der Waals surface area (Å²) >= 11 is 0. The molecule has 8 nitrogen and oxygen atoms in total. The highest BCUT2D eigenvalue weighted by Crippen LogP contribution is 2.27. The zero-order valence-corrected chi connectivity index (χ0v) is 12.6. The second-order valence-corrected chi connectivity index (χ2v) is 5.37. The summed E-state index contributed by atoms with van der Waals surface area (Å²) in [5.41, 5.74) is 7.71. The van der Waals surface area contributed by atoms with Crippen LogP contribution < -0.4 is 4.74 Å². The van der Waals surface area contributed by atoms with Gasteiger partial charge >= 0.3 is 5.97 Å². The first-order valence-corrected chi connectivity index (χ1v) is 6.44. The second kappa shape index (κ2) is 7.33. The Kier molecular flexibility index (Phi) is 5.77. The number of phenolic OH excluding ortho intramolecular Hbond substituents is 1. The van der Waals surface area contributed by atoms with Crippen molar-refractivity contribution in [2.24, 2.45) is 5.11 Å². The third-order valence-electron chi connectivity index (χ3n) is 2.32. The summed E-state index contributed by atoms with van der Waals surface area (Å²) in [6.07, 6.45) is 0. The van der Waals surface area contributed by atoms with Gasteiger partial charge in [0.15, 0.2) is 23.9 Å². The largest absolute Gasteiger partial charge is 0.504 e. The lowest BCUT2D eigenvalue weighted by molar-refractivity contribution is -0.157. The van der Waals surface area contributed by atoms with Crippen molar-refractivity contribution < 1.29 is 24.2 Å². The van der Waals surface area contributed by atoms with Gasteiger partial charge in [-0.05, 0) is 44.5 Å². The minimum atomic E-state index is -0.625. The highest BCUT2D eigenvalue weighted by Gasteiger charge is 2.17. The number of nitrogens with zero attached hydrogens (tertiary/aromatic N) is 3. The van der Waals surface area contributed by atoms with E-state index in [1.165, 1.54) is 18.2 Å². The molecule has 8 heteroatoms. The fourth-order valence-electron chi connectivity index (χ4n) is 1.51. The molecule has 0 radical (unpaired) electrons. The highest BCUT2D eigenvalue weighted by molar-refractivity contribution is 5.98.